The van der Waals surface area contributed by atoms with Gasteiger partial charge in [-0.25, -0.2) is 9.78 Å². The van der Waals surface area contributed by atoms with Crippen LogP contribution in [0.25, 0.3) is 11.1 Å². The van der Waals surface area contributed by atoms with E-state index in [-0.39, 0.29) is 24.3 Å². The Bertz CT molecular complexity index is 1170. The second-order valence-corrected chi connectivity index (χ2v) is 7.26. The minimum Gasteiger partial charge on any atom is -0.465 e. The van der Waals surface area contributed by atoms with Gasteiger partial charge in [0, 0.05) is 6.20 Å². The third-order valence-electron chi connectivity index (χ3n) is 5.07. The first-order valence-corrected chi connectivity index (χ1v) is 10.1. The molecule has 3 rings (SSSR count). The normalized spacial score (nSPS) is 11.2. The zero-order valence-electron chi connectivity index (χ0n) is 18.2. The van der Waals surface area contributed by atoms with Crippen LogP contribution in [0.15, 0.2) is 60.8 Å². The van der Waals surface area contributed by atoms with Gasteiger partial charge in [-0.05, 0) is 48.2 Å². The number of nitriles is 1. The van der Waals surface area contributed by atoms with Crippen LogP contribution in [-0.2, 0) is 9.53 Å². The lowest BCUT2D eigenvalue weighted by Crippen LogP contribution is -2.16. The molecular formula is C25H24N4O3. The monoisotopic (exact) mass is 428 g/mol. The van der Waals surface area contributed by atoms with Crippen LogP contribution >= 0.6 is 0 Å². The lowest BCUT2D eigenvalue weighted by atomic mass is 9.97. The van der Waals surface area contributed by atoms with Crippen molar-refractivity contribution in [3.8, 4) is 17.2 Å². The van der Waals surface area contributed by atoms with E-state index in [2.05, 4.69) is 15.6 Å². The number of methoxy groups -OCH3 is 1. The molecule has 0 saturated heterocycles. The number of aryl methyl sites for hydroxylation is 1. The fourth-order valence-electron chi connectivity index (χ4n) is 3.34. The van der Waals surface area contributed by atoms with E-state index < -0.39 is 0 Å². The van der Waals surface area contributed by atoms with Crippen LogP contribution in [0.3, 0.4) is 0 Å². The molecule has 162 valence electrons. The summed E-state index contributed by atoms with van der Waals surface area (Å²) >= 11 is 0. The third-order valence-corrected chi connectivity index (χ3v) is 5.07. The number of amides is 1. The first-order valence-electron chi connectivity index (χ1n) is 10.1. The number of rotatable bonds is 7. The molecule has 32 heavy (non-hydrogen) atoms. The van der Waals surface area contributed by atoms with Gasteiger partial charge in [0.15, 0.2) is 5.82 Å². The molecule has 3 aromatic rings. The Balaban J connectivity index is 1.82. The maximum atomic E-state index is 12.1. The first-order chi connectivity index (χ1) is 15.4. The van der Waals surface area contributed by atoms with E-state index in [1.54, 1.807) is 24.4 Å². The maximum Gasteiger partial charge on any atom is 0.338 e. The summed E-state index contributed by atoms with van der Waals surface area (Å²) in [5.74, 6) is -0.229. The number of hydrogen-bond donors (Lipinski definition) is 2. The van der Waals surface area contributed by atoms with Crippen LogP contribution in [-0.4, -0.2) is 24.0 Å². The highest BCUT2D eigenvalue weighted by Gasteiger charge is 2.15. The third kappa shape index (κ3) is 5.10. The Hall–Kier alpha value is -4.18. The number of hydrogen-bond acceptors (Lipinski definition) is 6. The predicted molar refractivity (Wildman–Crippen MR) is 123 cm³/mol. The highest BCUT2D eigenvalue weighted by atomic mass is 16.5. The van der Waals surface area contributed by atoms with Crippen molar-refractivity contribution in [2.24, 2.45) is 0 Å². The number of nitrogens with zero attached hydrogens (tertiary/aromatic N) is 2. The molecule has 2 aromatic carbocycles. The SMILES string of the molecule is COC(=O)c1ccccc1-c1ccc([C@@H](C)Nc2nccc(C)c2NC(=O)CC#N)cc1. The summed E-state index contributed by atoms with van der Waals surface area (Å²) < 4.78 is 4.89. The number of anilines is 2. The molecule has 7 nitrogen and oxygen atoms in total. The van der Waals surface area contributed by atoms with Crippen molar-refractivity contribution in [2.75, 3.05) is 17.7 Å². The Labute approximate surface area is 187 Å². The number of carbonyl (C=O) groups is 2. The molecule has 0 unspecified atom stereocenters. The molecule has 1 atom stereocenters. The largest absolute Gasteiger partial charge is 0.465 e. The highest BCUT2D eigenvalue weighted by molar-refractivity contribution is 5.97. The van der Waals surface area contributed by atoms with Crippen LogP contribution in [0.4, 0.5) is 11.5 Å². The zero-order chi connectivity index (χ0) is 23.1. The average molecular weight is 428 g/mol. The molecule has 0 radical (unpaired) electrons. The van der Waals surface area contributed by atoms with Crippen LogP contribution < -0.4 is 10.6 Å². The lowest BCUT2D eigenvalue weighted by Gasteiger charge is -2.19. The Morgan fingerprint density at radius 3 is 2.53 bits per heavy atom. The van der Waals surface area contributed by atoms with Crippen molar-refractivity contribution >= 4 is 23.4 Å². The number of esters is 1. The quantitative estimate of drug-likeness (QED) is 0.520. The van der Waals surface area contributed by atoms with E-state index in [9.17, 15) is 9.59 Å². The van der Waals surface area contributed by atoms with Crippen LogP contribution in [0, 0.1) is 18.3 Å². The molecule has 0 fully saturated rings. The number of ether oxygens (including phenoxy) is 1. The Kier molecular flexibility index (Phi) is 7.19. The van der Waals surface area contributed by atoms with Gasteiger partial charge < -0.3 is 15.4 Å². The van der Waals surface area contributed by atoms with Gasteiger partial charge in [0.05, 0.1) is 30.5 Å². The molecule has 0 bridgehead atoms. The van der Waals surface area contributed by atoms with Crippen LogP contribution in [0.1, 0.15) is 40.9 Å². The second-order valence-electron chi connectivity index (χ2n) is 7.26. The molecule has 7 heteroatoms. The van der Waals surface area contributed by atoms with Gasteiger partial charge in [0.1, 0.15) is 6.42 Å². The molecule has 0 aliphatic rings. The summed E-state index contributed by atoms with van der Waals surface area (Å²) in [6, 6.07) is 18.7. The van der Waals surface area contributed by atoms with Gasteiger partial charge in [-0.1, -0.05) is 42.5 Å². The van der Waals surface area contributed by atoms with E-state index in [1.807, 2.05) is 56.3 Å². The van der Waals surface area contributed by atoms with E-state index >= 15 is 0 Å². The van der Waals surface area contributed by atoms with Crippen molar-refractivity contribution in [1.29, 1.82) is 5.26 Å². The van der Waals surface area contributed by atoms with Gasteiger partial charge >= 0.3 is 5.97 Å². The zero-order valence-corrected chi connectivity index (χ0v) is 18.2. The van der Waals surface area contributed by atoms with Gasteiger partial charge in [0.2, 0.25) is 5.91 Å². The smallest absolute Gasteiger partial charge is 0.338 e. The lowest BCUT2D eigenvalue weighted by molar-refractivity contribution is -0.115. The number of nitrogens with one attached hydrogen (secondary N) is 2. The summed E-state index contributed by atoms with van der Waals surface area (Å²) in [6.45, 7) is 3.86. The molecule has 1 amide bonds. The van der Waals surface area contributed by atoms with Crippen LogP contribution in [0.2, 0.25) is 0 Å². The highest BCUT2D eigenvalue weighted by Crippen LogP contribution is 2.29. The van der Waals surface area contributed by atoms with Crippen molar-refractivity contribution < 1.29 is 14.3 Å². The molecule has 1 heterocycles. The molecule has 0 saturated carbocycles. The number of benzene rings is 2. The average Bonchev–Trinajstić information content (AvgIpc) is 2.81. The van der Waals surface area contributed by atoms with Crippen molar-refractivity contribution in [3.05, 3.63) is 77.5 Å². The summed E-state index contributed by atoms with van der Waals surface area (Å²) in [5, 5.41) is 14.8. The topological polar surface area (TPSA) is 104 Å². The maximum absolute atomic E-state index is 12.1. The van der Waals surface area contributed by atoms with E-state index in [4.69, 9.17) is 10.00 Å². The number of aromatic nitrogens is 1. The standard InChI is InChI=1S/C25H24N4O3/c1-16-13-15-27-24(23(16)29-22(30)12-14-26)28-17(2)18-8-10-19(11-9-18)20-6-4-5-7-21(20)25(31)32-3/h4-11,13,15,17H,12H2,1-3H3,(H,27,28)(H,29,30)/t17-/m1/s1. The van der Waals surface area contributed by atoms with Gasteiger partial charge in [-0.3, -0.25) is 4.79 Å². The minimum atomic E-state index is -0.382. The Morgan fingerprint density at radius 2 is 1.84 bits per heavy atom. The first kappa shape index (κ1) is 22.5. The van der Waals surface area contributed by atoms with Gasteiger partial charge in [-0.2, -0.15) is 5.26 Å². The minimum absolute atomic E-state index is 0.110. The Morgan fingerprint density at radius 1 is 1.12 bits per heavy atom. The predicted octanol–water partition coefficient (Wildman–Crippen LogP) is 4.87. The summed E-state index contributed by atoms with van der Waals surface area (Å²) in [7, 11) is 1.37. The van der Waals surface area contributed by atoms with Gasteiger partial charge in [0.25, 0.3) is 0 Å². The molecular weight excluding hydrogens is 404 g/mol. The van der Waals surface area contributed by atoms with E-state index in [0.717, 1.165) is 22.3 Å². The molecule has 0 spiro atoms. The van der Waals surface area contributed by atoms with E-state index in [1.165, 1.54) is 7.11 Å². The fraction of sp³-hybridized carbons (Fsp3) is 0.200. The molecule has 1 aromatic heterocycles. The molecule has 0 aliphatic carbocycles. The van der Waals surface area contributed by atoms with Crippen molar-refractivity contribution in [1.82, 2.24) is 4.98 Å². The summed E-state index contributed by atoms with van der Waals surface area (Å²) in [4.78, 5) is 28.4. The van der Waals surface area contributed by atoms with E-state index in [0.29, 0.717) is 17.1 Å². The second kappa shape index (κ2) is 10.2. The van der Waals surface area contributed by atoms with Crippen molar-refractivity contribution in [3.63, 3.8) is 0 Å². The van der Waals surface area contributed by atoms with Gasteiger partial charge in [-0.15, -0.1) is 0 Å². The summed E-state index contributed by atoms with van der Waals surface area (Å²) in [6.07, 6.45) is 1.44. The number of carbonyl (C=O) groups excluding carboxylic acids is 2. The molecule has 2 N–H and O–H groups in total. The fourth-order valence-corrected chi connectivity index (χ4v) is 3.34. The van der Waals surface area contributed by atoms with Crippen LogP contribution in [0.5, 0.6) is 0 Å². The molecule has 0 aliphatic heterocycles. The number of pyridine rings is 1. The summed E-state index contributed by atoms with van der Waals surface area (Å²) in [5.41, 5.74) is 4.62. The van der Waals surface area contributed by atoms with Crippen molar-refractivity contribution in [2.45, 2.75) is 26.3 Å².